The zero-order chi connectivity index (χ0) is 26.5. The quantitative estimate of drug-likeness (QED) is 0.247. The van der Waals surface area contributed by atoms with E-state index in [0.717, 1.165) is 25.0 Å². The van der Waals surface area contributed by atoms with E-state index in [1.807, 2.05) is 30.3 Å². The fraction of sp³-hybridized carbons (Fsp3) is 0.407. The van der Waals surface area contributed by atoms with Crippen LogP contribution in [-0.2, 0) is 14.3 Å². The molecule has 0 aromatic heterocycles. The van der Waals surface area contributed by atoms with Gasteiger partial charge in [-0.1, -0.05) is 38.0 Å². The number of thiocarbonyl (C=S) groups is 1. The zero-order valence-corrected chi connectivity index (χ0v) is 21.8. The molecule has 2 aromatic carbocycles. The summed E-state index contributed by atoms with van der Waals surface area (Å²) >= 11 is 5.42. The second-order valence-corrected chi connectivity index (χ2v) is 8.81. The lowest BCUT2D eigenvalue weighted by molar-refractivity contribution is -0.147. The van der Waals surface area contributed by atoms with Crippen LogP contribution >= 0.6 is 12.2 Å². The lowest BCUT2D eigenvalue weighted by Crippen LogP contribution is -2.60. The molecule has 1 heterocycles. The van der Waals surface area contributed by atoms with Gasteiger partial charge >= 0.3 is 5.97 Å². The van der Waals surface area contributed by atoms with Gasteiger partial charge in [0.25, 0.3) is 5.91 Å². The predicted octanol–water partition coefficient (Wildman–Crippen LogP) is 3.08. The van der Waals surface area contributed by atoms with Gasteiger partial charge in [-0.3, -0.25) is 19.7 Å². The van der Waals surface area contributed by atoms with E-state index in [1.165, 1.54) is 0 Å². The standard InChI is InChI=1S/C27H33N3O6S/c1-2-3-7-16-36-24(31)19-23-26(33)28-14-15-30(23)27(37)29-25(32)20-10-12-22(13-11-20)35-18-17-34-21-8-5-4-6-9-21/h4-6,8-13,23H,2-3,7,14-19H2,1H3,(H,28,33)(H,29,32,37). The number of unbranched alkanes of at least 4 members (excludes halogenated alkanes) is 2. The first kappa shape index (κ1) is 27.9. The average Bonchev–Trinajstić information content (AvgIpc) is 2.91. The van der Waals surface area contributed by atoms with Crippen LogP contribution in [-0.4, -0.2) is 66.7 Å². The minimum Gasteiger partial charge on any atom is -0.490 e. The van der Waals surface area contributed by atoms with Crippen molar-refractivity contribution in [3.63, 3.8) is 0 Å². The van der Waals surface area contributed by atoms with Gasteiger partial charge in [0, 0.05) is 18.7 Å². The first-order chi connectivity index (χ1) is 18.0. The molecular formula is C27H33N3O6S. The number of nitrogens with zero attached hydrogens (tertiary/aromatic N) is 1. The summed E-state index contributed by atoms with van der Waals surface area (Å²) < 4.78 is 16.5. The highest BCUT2D eigenvalue weighted by molar-refractivity contribution is 7.80. The summed E-state index contributed by atoms with van der Waals surface area (Å²) in [7, 11) is 0. The Bertz CT molecular complexity index is 1050. The molecule has 1 fully saturated rings. The van der Waals surface area contributed by atoms with Crippen LogP contribution in [0, 0.1) is 0 Å². The number of benzene rings is 2. The highest BCUT2D eigenvalue weighted by Gasteiger charge is 2.34. The topological polar surface area (TPSA) is 106 Å². The van der Waals surface area contributed by atoms with E-state index in [1.54, 1.807) is 29.2 Å². The molecular weight excluding hydrogens is 494 g/mol. The fourth-order valence-electron chi connectivity index (χ4n) is 3.69. The summed E-state index contributed by atoms with van der Waals surface area (Å²) in [6, 6.07) is 15.2. The van der Waals surface area contributed by atoms with Crippen LogP contribution < -0.4 is 20.1 Å². The third kappa shape index (κ3) is 9.05. The number of amides is 2. The minimum absolute atomic E-state index is 0.0852. The Morgan fingerprint density at radius 1 is 1.00 bits per heavy atom. The van der Waals surface area contributed by atoms with Crippen molar-refractivity contribution in [1.29, 1.82) is 0 Å². The van der Waals surface area contributed by atoms with Crippen molar-refractivity contribution in [2.24, 2.45) is 0 Å². The van der Waals surface area contributed by atoms with E-state index in [2.05, 4.69) is 17.6 Å². The summed E-state index contributed by atoms with van der Waals surface area (Å²) in [5, 5.41) is 5.49. The second kappa shape index (κ2) is 14.8. The van der Waals surface area contributed by atoms with Gasteiger partial charge in [-0.05, 0) is 55.0 Å². The van der Waals surface area contributed by atoms with Gasteiger partial charge in [-0.25, -0.2) is 0 Å². The monoisotopic (exact) mass is 527 g/mol. The lowest BCUT2D eigenvalue weighted by atomic mass is 10.1. The van der Waals surface area contributed by atoms with E-state index in [-0.39, 0.29) is 17.4 Å². The molecule has 1 atom stereocenters. The summed E-state index contributed by atoms with van der Waals surface area (Å²) in [6.45, 7) is 3.85. The highest BCUT2D eigenvalue weighted by Crippen LogP contribution is 2.15. The molecule has 0 spiro atoms. The summed E-state index contributed by atoms with van der Waals surface area (Å²) in [5.41, 5.74) is 0.378. The van der Waals surface area contributed by atoms with Crippen LogP contribution in [0.1, 0.15) is 43.0 Å². The number of ether oxygens (including phenoxy) is 3. The van der Waals surface area contributed by atoms with Crippen molar-refractivity contribution in [2.45, 2.75) is 38.6 Å². The number of para-hydroxylation sites is 1. The van der Waals surface area contributed by atoms with Gasteiger partial charge in [0.1, 0.15) is 30.8 Å². The minimum atomic E-state index is -0.839. The third-order valence-electron chi connectivity index (χ3n) is 5.66. The molecule has 1 aliphatic rings. The van der Waals surface area contributed by atoms with Gasteiger partial charge < -0.3 is 24.4 Å². The maximum Gasteiger partial charge on any atom is 0.308 e. The van der Waals surface area contributed by atoms with Crippen LogP contribution in [0.25, 0.3) is 0 Å². The lowest BCUT2D eigenvalue weighted by Gasteiger charge is -2.36. The van der Waals surface area contributed by atoms with Crippen molar-refractivity contribution in [3.8, 4) is 11.5 Å². The molecule has 2 aromatic rings. The number of piperazine rings is 1. The Kier molecular flexibility index (Phi) is 11.2. The van der Waals surface area contributed by atoms with Gasteiger partial charge in [0.15, 0.2) is 5.11 Å². The number of carbonyl (C=O) groups excluding carboxylic acids is 3. The SMILES string of the molecule is CCCCCOC(=O)CC1C(=O)NCCN1C(=S)NC(=O)c1ccc(OCCOc2ccccc2)cc1. The number of hydrogen-bond donors (Lipinski definition) is 2. The first-order valence-electron chi connectivity index (χ1n) is 12.4. The number of nitrogens with one attached hydrogen (secondary N) is 2. The maximum atomic E-state index is 12.8. The molecule has 3 rings (SSSR count). The molecule has 2 N–H and O–H groups in total. The van der Waals surface area contributed by atoms with Crippen LogP contribution in [0.3, 0.4) is 0 Å². The summed E-state index contributed by atoms with van der Waals surface area (Å²) in [4.78, 5) is 39.0. The van der Waals surface area contributed by atoms with E-state index in [4.69, 9.17) is 26.4 Å². The van der Waals surface area contributed by atoms with Crippen molar-refractivity contribution in [1.82, 2.24) is 15.5 Å². The Balaban J connectivity index is 1.47. The molecule has 9 nitrogen and oxygen atoms in total. The Labute approximate surface area is 222 Å². The van der Waals surface area contributed by atoms with E-state index < -0.39 is 17.9 Å². The number of rotatable bonds is 12. The van der Waals surface area contributed by atoms with Crippen molar-refractivity contribution in [3.05, 3.63) is 60.2 Å². The van der Waals surface area contributed by atoms with E-state index >= 15 is 0 Å². The highest BCUT2D eigenvalue weighted by atomic mass is 32.1. The molecule has 0 saturated carbocycles. The molecule has 1 unspecified atom stereocenters. The molecule has 2 amide bonds. The first-order valence-corrected chi connectivity index (χ1v) is 12.8. The van der Waals surface area contributed by atoms with Crippen LogP contribution in [0.4, 0.5) is 0 Å². The zero-order valence-electron chi connectivity index (χ0n) is 20.9. The normalized spacial score (nSPS) is 14.9. The molecule has 1 aliphatic heterocycles. The molecule has 0 aliphatic carbocycles. The van der Waals surface area contributed by atoms with Gasteiger partial charge in [0.2, 0.25) is 5.91 Å². The molecule has 0 bridgehead atoms. The molecule has 198 valence electrons. The number of carbonyl (C=O) groups is 3. The van der Waals surface area contributed by atoms with Crippen molar-refractivity contribution < 1.29 is 28.6 Å². The Morgan fingerprint density at radius 3 is 2.35 bits per heavy atom. The second-order valence-electron chi connectivity index (χ2n) is 8.43. The largest absolute Gasteiger partial charge is 0.490 e. The van der Waals surface area contributed by atoms with Crippen LogP contribution in [0.2, 0.25) is 0 Å². The van der Waals surface area contributed by atoms with Crippen LogP contribution in [0.15, 0.2) is 54.6 Å². The summed E-state index contributed by atoms with van der Waals surface area (Å²) in [6.07, 6.45) is 2.62. The van der Waals surface area contributed by atoms with Crippen LogP contribution in [0.5, 0.6) is 11.5 Å². The van der Waals surface area contributed by atoms with Gasteiger partial charge in [-0.2, -0.15) is 0 Å². The molecule has 10 heteroatoms. The Hall–Kier alpha value is -3.66. The van der Waals surface area contributed by atoms with Gasteiger partial charge in [0.05, 0.1) is 13.0 Å². The number of esters is 1. The maximum absolute atomic E-state index is 12.8. The van der Waals surface area contributed by atoms with E-state index in [0.29, 0.717) is 44.2 Å². The fourth-order valence-corrected chi connectivity index (χ4v) is 4.01. The van der Waals surface area contributed by atoms with Gasteiger partial charge in [-0.15, -0.1) is 0 Å². The number of hydrogen-bond acceptors (Lipinski definition) is 7. The smallest absolute Gasteiger partial charge is 0.308 e. The van der Waals surface area contributed by atoms with Crippen molar-refractivity contribution in [2.75, 3.05) is 32.9 Å². The molecule has 1 saturated heterocycles. The molecule has 37 heavy (non-hydrogen) atoms. The average molecular weight is 528 g/mol. The van der Waals surface area contributed by atoms with Crippen molar-refractivity contribution >= 4 is 35.1 Å². The molecule has 0 radical (unpaired) electrons. The van der Waals surface area contributed by atoms with E-state index in [9.17, 15) is 14.4 Å². The predicted molar refractivity (Wildman–Crippen MR) is 143 cm³/mol. The summed E-state index contributed by atoms with van der Waals surface area (Å²) in [5.74, 6) is 0.149. The Morgan fingerprint density at radius 2 is 1.68 bits per heavy atom. The third-order valence-corrected chi connectivity index (χ3v) is 6.00.